The molecule has 1 aliphatic rings. The van der Waals surface area contributed by atoms with E-state index in [1.807, 2.05) is 0 Å². The predicted molar refractivity (Wildman–Crippen MR) is 54.6 cm³/mol. The van der Waals surface area contributed by atoms with Crippen molar-refractivity contribution in [1.29, 1.82) is 0 Å². The highest BCUT2D eigenvalue weighted by atomic mass is 31.0. The Hall–Kier alpha value is -0.0900. The first-order valence-corrected chi connectivity index (χ1v) is 4.62. The normalized spacial score (nSPS) is 23.5. The molecule has 0 radical (unpaired) electrons. The summed E-state index contributed by atoms with van der Waals surface area (Å²) in [6.07, 6.45) is 0. The van der Waals surface area contributed by atoms with Crippen LogP contribution < -0.4 is 0 Å². The lowest BCUT2D eigenvalue weighted by atomic mass is 9.87. The van der Waals surface area contributed by atoms with Crippen molar-refractivity contribution in [2.45, 2.75) is 34.6 Å². The third-order valence-corrected chi connectivity index (χ3v) is 4.29. The quantitative estimate of drug-likeness (QED) is 0.485. The summed E-state index contributed by atoms with van der Waals surface area (Å²) in [6, 6.07) is 0. The summed E-state index contributed by atoms with van der Waals surface area (Å²) >= 11 is 0. The maximum atomic E-state index is 2.87. The van der Waals surface area contributed by atoms with E-state index in [0.717, 1.165) is 0 Å². The van der Waals surface area contributed by atoms with Gasteiger partial charge in [0.15, 0.2) is 0 Å². The van der Waals surface area contributed by atoms with E-state index in [0.29, 0.717) is 0 Å². The van der Waals surface area contributed by atoms with Crippen LogP contribution in [0.25, 0.3) is 0 Å². The zero-order valence-corrected chi connectivity index (χ0v) is 9.23. The molecule has 1 unspecified atom stereocenters. The molecule has 62 valence electrons. The van der Waals surface area contributed by atoms with Gasteiger partial charge in [-0.3, -0.25) is 0 Å². The van der Waals surface area contributed by atoms with Crippen molar-refractivity contribution < 1.29 is 0 Å². The molecule has 1 heteroatoms. The third kappa shape index (κ3) is 1.08. The molecule has 0 heterocycles. The second-order valence-corrected chi connectivity index (χ2v) is 4.49. The molecule has 0 saturated carbocycles. The topological polar surface area (TPSA) is 0 Å². The average Bonchev–Trinajstić information content (AvgIpc) is 2.06. The van der Waals surface area contributed by atoms with Crippen LogP contribution in [-0.4, -0.2) is 0 Å². The van der Waals surface area contributed by atoms with Crippen LogP contribution in [0.5, 0.6) is 0 Å². The summed E-state index contributed by atoms with van der Waals surface area (Å²) in [5.74, 6) is 0. The number of hydrogen-bond donors (Lipinski definition) is 0. The Morgan fingerprint density at radius 3 is 1.55 bits per heavy atom. The van der Waals surface area contributed by atoms with Crippen molar-refractivity contribution in [2.24, 2.45) is 5.41 Å². The van der Waals surface area contributed by atoms with Gasteiger partial charge >= 0.3 is 0 Å². The summed E-state index contributed by atoms with van der Waals surface area (Å²) in [4.78, 5) is 0. The average molecular weight is 168 g/mol. The zero-order chi connectivity index (χ0) is 8.81. The minimum Gasteiger partial charge on any atom is -0.109 e. The molecule has 1 atom stereocenters. The molecule has 0 aromatic heterocycles. The predicted octanol–water partition coefficient (Wildman–Crippen LogP) is 3.51. The zero-order valence-electron chi connectivity index (χ0n) is 8.08. The maximum absolute atomic E-state index is 2.87. The molecular weight excluding hydrogens is 151 g/mol. The van der Waals surface area contributed by atoms with Crippen LogP contribution >= 0.6 is 9.24 Å². The lowest BCUT2D eigenvalue weighted by Crippen LogP contribution is -2.09. The highest BCUT2D eigenvalue weighted by Crippen LogP contribution is 2.48. The lowest BCUT2D eigenvalue weighted by molar-refractivity contribution is 0.577. The highest BCUT2D eigenvalue weighted by molar-refractivity contribution is 7.22. The van der Waals surface area contributed by atoms with Crippen molar-refractivity contribution in [3.05, 3.63) is 22.0 Å². The number of allylic oxidation sites excluding steroid dienone is 4. The monoisotopic (exact) mass is 168 g/mol. The van der Waals surface area contributed by atoms with Crippen LogP contribution in [0.15, 0.2) is 22.0 Å². The molecule has 0 saturated heterocycles. The number of rotatable bonds is 0. The summed E-state index contributed by atoms with van der Waals surface area (Å²) in [6.45, 7) is 11.2. The molecule has 0 N–H and O–H groups in total. The van der Waals surface area contributed by atoms with E-state index in [1.54, 1.807) is 0 Å². The van der Waals surface area contributed by atoms with Crippen molar-refractivity contribution in [3.63, 3.8) is 0 Å². The van der Waals surface area contributed by atoms with Gasteiger partial charge in [0, 0.05) is 5.41 Å². The van der Waals surface area contributed by atoms with Gasteiger partial charge in [-0.15, -0.1) is 9.24 Å². The molecular formula is C10H17P. The molecule has 0 nitrogen and oxygen atoms in total. The van der Waals surface area contributed by atoms with E-state index in [9.17, 15) is 0 Å². The van der Waals surface area contributed by atoms with Crippen LogP contribution in [-0.2, 0) is 0 Å². The fourth-order valence-corrected chi connectivity index (χ4v) is 2.06. The Bertz CT molecular complexity index is 228. The maximum Gasteiger partial charge on any atom is 0.0110 e. The molecule has 0 aromatic carbocycles. The van der Waals surface area contributed by atoms with E-state index in [4.69, 9.17) is 0 Å². The van der Waals surface area contributed by atoms with Crippen LogP contribution in [0.3, 0.4) is 0 Å². The molecule has 1 aliphatic carbocycles. The smallest absolute Gasteiger partial charge is 0.0110 e. The van der Waals surface area contributed by atoms with Crippen LogP contribution in [0, 0.1) is 5.41 Å². The van der Waals surface area contributed by atoms with Crippen LogP contribution in [0.1, 0.15) is 34.6 Å². The summed E-state index contributed by atoms with van der Waals surface area (Å²) < 4.78 is 0. The van der Waals surface area contributed by atoms with E-state index in [1.165, 1.54) is 22.0 Å². The van der Waals surface area contributed by atoms with Crippen molar-refractivity contribution in [2.75, 3.05) is 0 Å². The van der Waals surface area contributed by atoms with Gasteiger partial charge in [0.2, 0.25) is 0 Å². The van der Waals surface area contributed by atoms with Gasteiger partial charge in [-0.2, -0.15) is 0 Å². The molecule has 11 heavy (non-hydrogen) atoms. The second kappa shape index (κ2) is 2.45. The van der Waals surface area contributed by atoms with Gasteiger partial charge in [0.05, 0.1) is 0 Å². The van der Waals surface area contributed by atoms with Gasteiger partial charge in [0.25, 0.3) is 0 Å². The van der Waals surface area contributed by atoms with Crippen molar-refractivity contribution in [1.82, 2.24) is 0 Å². The molecule has 0 fully saturated rings. The standard InChI is InChI=1S/C10H17P/c1-6-7(2)9(11)10(4,5)8(6)3/h11H2,1-5H3. The van der Waals surface area contributed by atoms with Gasteiger partial charge < -0.3 is 0 Å². The summed E-state index contributed by atoms with van der Waals surface area (Å²) in [5.41, 5.74) is 4.72. The van der Waals surface area contributed by atoms with Gasteiger partial charge in [0.1, 0.15) is 0 Å². The van der Waals surface area contributed by atoms with E-state index < -0.39 is 0 Å². The second-order valence-electron chi connectivity index (χ2n) is 3.91. The largest absolute Gasteiger partial charge is 0.109 e. The molecule has 0 bridgehead atoms. The first-order valence-electron chi connectivity index (χ1n) is 4.04. The Morgan fingerprint density at radius 2 is 1.45 bits per heavy atom. The van der Waals surface area contributed by atoms with Crippen LogP contribution in [0.4, 0.5) is 0 Å². The molecule has 0 spiro atoms. The Kier molecular flexibility index (Phi) is 2.01. The Morgan fingerprint density at radius 1 is 1.00 bits per heavy atom. The Balaban J connectivity index is 3.27. The van der Waals surface area contributed by atoms with Crippen molar-refractivity contribution >= 4 is 9.24 Å². The molecule has 0 amide bonds. The molecule has 0 aromatic rings. The summed E-state index contributed by atoms with van der Waals surface area (Å²) in [7, 11) is 2.87. The van der Waals surface area contributed by atoms with Gasteiger partial charge in [-0.25, -0.2) is 0 Å². The minimum atomic E-state index is 0.277. The van der Waals surface area contributed by atoms with E-state index in [2.05, 4.69) is 43.9 Å². The highest BCUT2D eigenvalue weighted by Gasteiger charge is 2.31. The summed E-state index contributed by atoms with van der Waals surface area (Å²) in [5, 5.41) is 1.45. The first kappa shape index (κ1) is 9.00. The Labute approximate surface area is 72.0 Å². The minimum absolute atomic E-state index is 0.277. The SMILES string of the molecule is CC1=C(C)C(C)(C)C(P)=C1C. The lowest BCUT2D eigenvalue weighted by Gasteiger charge is -2.22. The first-order chi connectivity index (χ1) is 4.89. The van der Waals surface area contributed by atoms with E-state index >= 15 is 0 Å². The van der Waals surface area contributed by atoms with Crippen LogP contribution in [0.2, 0.25) is 0 Å². The van der Waals surface area contributed by atoms with Gasteiger partial charge in [-0.1, -0.05) is 19.4 Å². The third-order valence-electron chi connectivity index (χ3n) is 3.14. The number of hydrogen-bond acceptors (Lipinski definition) is 0. The molecule has 1 rings (SSSR count). The molecule has 0 aliphatic heterocycles. The van der Waals surface area contributed by atoms with Gasteiger partial charge in [-0.05, 0) is 37.2 Å². The fourth-order valence-electron chi connectivity index (χ4n) is 1.62. The van der Waals surface area contributed by atoms with Crippen molar-refractivity contribution in [3.8, 4) is 0 Å². The van der Waals surface area contributed by atoms with E-state index in [-0.39, 0.29) is 5.41 Å². The fraction of sp³-hybridized carbons (Fsp3) is 0.600.